The predicted octanol–water partition coefficient (Wildman–Crippen LogP) is 2.93. The molecule has 3 amide bonds. The van der Waals surface area contributed by atoms with Gasteiger partial charge in [-0.15, -0.1) is 11.8 Å². The summed E-state index contributed by atoms with van der Waals surface area (Å²) in [4.78, 5) is 23.3. The number of hydrogen-bond donors (Lipinski definition) is 2. The molecule has 0 aliphatic carbocycles. The molecule has 1 aromatic rings. The second-order valence-electron chi connectivity index (χ2n) is 3.38. The van der Waals surface area contributed by atoms with Crippen LogP contribution in [0.3, 0.4) is 0 Å². The molecule has 0 aliphatic heterocycles. The van der Waals surface area contributed by atoms with Gasteiger partial charge in [-0.3, -0.25) is 10.1 Å². The van der Waals surface area contributed by atoms with Crippen LogP contribution in [0.4, 0.5) is 4.79 Å². The summed E-state index contributed by atoms with van der Waals surface area (Å²) >= 11 is 13.2. The maximum atomic E-state index is 11.7. The van der Waals surface area contributed by atoms with Gasteiger partial charge in [0.25, 0.3) is 0 Å². The van der Waals surface area contributed by atoms with Crippen molar-refractivity contribution in [2.75, 3.05) is 7.05 Å². The Morgan fingerprint density at radius 2 is 1.83 bits per heavy atom. The van der Waals surface area contributed by atoms with E-state index in [2.05, 4.69) is 10.6 Å². The van der Waals surface area contributed by atoms with Gasteiger partial charge in [0.1, 0.15) is 0 Å². The summed E-state index contributed by atoms with van der Waals surface area (Å²) in [5.74, 6) is -0.407. The summed E-state index contributed by atoms with van der Waals surface area (Å²) in [6.07, 6.45) is 0. The summed E-state index contributed by atoms with van der Waals surface area (Å²) in [6, 6.07) is 4.57. The van der Waals surface area contributed by atoms with Crippen molar-refractivity contribution in [3.63, 3.8) is 0 Å². The Morgan fingerprint density at radius 3 is 2.33 bits per heavy atom. The smallest absolute Gasteiger partial charge is 0.321 e. The average molecular weight is 307 g/mol. The number of carbonyl (C=O) groups excluding carboxylic acids is 2. The molecule has 0 fully saturated rings. The molecular formula is C11H12Cl2N2O2S. The fourth-order valence-electron chi connectivity index (χ4n) is 1.10. The number of carbonyl (C=O) groups is 2. The topological polar surface area (TPSA) is 58.2 Å². The van der Waals surface area contributed by atoms with E-state index in [0.717, 1.165) is 0 Å². The van der Waals surface area contributed by atoms with Gasteiger partial charge in [-0.1, -0.05) is 29.3 Å². The standard InChI is InChI=1S/C11H12Cl2N2O2S/c1-6(10(16)15-11(17)14-2)18-9-7(12)4-3-5-8(9)13/h3-6H,1-2H3,(H2,14,15,16,17). The van der Waals surface area contributed by atoms with E-state index in [1.165, 1.54) is 18.8 Å². The summed E-state index contributed by atoms with van der Waals surface area (Å²) in [7, 11) is 1.44. The van der Waals surface area contributed by atoms with Crippen molar-refractivity contribution >= 4 is 46.9 Å². The zero-order chi connectivity index (χ0) is 13.7. The third kappa shape index (κ3) is 4.08. The van der Waals surface area contributed by atoms with Crippen molar-refractivity contribution in [1.29, 1.82) is 0 Å². The number of rotatable bonds is 3. The lowest BCUT2D eigenvalue weighted by Crippen LogP contribution is -2.41. The highest BCUT2D eigenvalue weighted by molar-refractivity contribution is 8.00. The molecular weight excluding hydrogens is 295 g/mol. The molecule has 0 saturated carbocycles. The first-order chi connectivity index (χ1) is 8.45. The Morgan fingerprint density at radius 1 is 1.28 bits per heavy atom. The van der Waals surface area contributed by atoms with Gasteiger partial charge >= 0.3 is 6.03 Å². The first-order valence-corrected chi connectivity index (χ1v) is 6.72. The molecule has 18 heavy (non-hydrogen) atoms. The lowest BCUT2D eigenvalue weighted by molar-refractivity contribution is -0.119. The number of benzene rings is 1. The van der Waals surface area contributed by atoms with Crippen molar-refractivity contribution in [2.45, 2.75) is 17.1 Å². The van der Waals surface area contributed by atoms with Crippen molar-refractivity contribution in [2.24, 2.45) is 0 Å². The fourth-order valence-corrected chi connectivity index (χ4v) is 2.65. The zero-order valence-electron chi connectivity index (χ0n) is 9.79. The molecule has 98 valence electrons. The van der Waals surface area contributed by atoms with Crippen LogP contribution in [0, 0.1) is 0 Å². The Balaban J connectivity index is 2.72. The van der Waals surface area contributed by atoms with Gasteiger partial charge in [-0.2, -0.15) is 0 Å². The van der Waals surface area contributed by atoms with Crippen molar-refractivity contribution in [3.8, 4) is 0 Å². The normalized spacial score (nSPS) is 11.8. The zero-order valence-corrected chi connectivity index (χ0v) is 12.1. The minimum Gasteiger partial charge on any atom is -0.341 e. The van der Waals surface area contributed by atoms with Crippen molar-refractivity contribution in [1.82, 2.24) is 10.6 Å². The minimum absolute atomic E-state index is 0.407. The van der Waals surface area contributed by atoms with E-state index >= 15 is 0 Å². The Bertz CT molecular complexity index is 448. The number of urea groups is 1. The summed E-state index contributed by atoms with van der Waals surface area (Å²) < 4.78 is 0. The predicted molar refractivity (Wildman–Crippen MR) is 74.4 cm³/mol. The quantitative estimate of drug-likeness (QED) is 0.844. The Hall–Kier alpha value is -0.910. The summed E-state index contributed by atoms with van der Waals surface area (Å²) in [5.41, 5.74) is 0. The van der Waals surface area contributed by atoms with Gasteiger partial charge in [0.05, 0.1) is 15.3 Å². The second-order valence-corrected chi connectivity index (χ2v) is 5.54. The number of imide groups is 1. The van der Waals surface area contributed by atoms with E-state index < -0.39 is 17.2 Å². The molecule has 1 unspecified atom stereocenters. The highest BCUT2D eigenvalue weighted by Crippen LogP contribution is 2.36. The maximum absolute atomic E-state index is 11.7. The number of nitrogens with one attached hydrogen (secondary N) is 2. The number of thioether (sulfide) groups is 1. The molecule has 4 nitrogen and oxygen atoms in total. The highest BCUT2D eigenvalue weighted by Gasteiger charge is 2.19. The van der Waals surface area contributed by atoms with Gasteiger partial charge in [0, 0.05) is 11.9 Å². The molecule has 0 aliphatic rings. The molecule has 0 bridgehead atoms. The molecule has 1 atom stereocenters. The third-order valence-electron chi connectivity index (χ3n) is 2.05. The Kier molecular flexibility index (Phi) is 5.78. The molecule has 0 saturated heterocycles. The third-order valence-corrected chi connectivity index (χ3v) is 4.14. The van der Waals surface area contributed by atoms with Crippen LogP contribution in [0.5, 0.6) is 0 Å². The maximum Gasteiger partial charge on any atom is 0.321 e. The first-order valence-electron chi connectivity index (χ1n) is 5.09. The molecule has 7 heteroatoms. The van der Waals surface area contributed by atoms with E-state index in [0.29, 0.717) is 14.9 Å². The molecule has 1 aromatic carbocycles. The van der Waals surface area contributed by atoms with E-state index in [1.807, 2.05) is 0 Å². The molecule has 2 N–H and O–H groups in total. The van der Waals surface area contributed by atoms with Crippen LogP contribution in [-0.2, 0) is 4.79 Å². The van der Waals surface area contributed by atoms with Crippen molar-refractivity contribution < 1.29 is 9.59 Å². The number of amides is 3. The Labute approximate surface area is 119 Å². The second kappa shape index (κ2) is 6.87. The van der Waals surface area contributed by atoms with Gasteiger partial charge in [-0.25, -0.2) is 4.79 Å². The highest BCUT2D eigenvalue weighted by atomic mass is 35.5. The molecule has 1 rings (SSSR count). The number of halogens is 2. The molecule has 0 heterocycles. The van der Waals surface area contributed by atoms with Crippen molar-refractivity contribution in [3.05, 3.63) is 28.2 Å². The van der Waals surface area contributed by atoms with Gasteiger partial charge in [0.2, 0.25) is 5.91 Å². The minimum atomic E-state index is -0.544. The van der Waals surface area contributed by atoms with Crippen LogP contribution in [0.2, 0.25) is 10.0 Å². The van der Waals surface area contributed by atoms with Gasteiger partial charge in [0.15, 0.2) is 0 Å². The lowest BCUT2D eigenvalue weighted by Gasteiger charge is -2.12. The van der Waals surface area contributed by atoms with E-state index in [9.17, 15) is 9.59 Å². The molecule has 0 aromatic heterocycles. The van der Waals surface area contributed by atoms with Crippen LogP contribution in [0.1, 0.15) is 6.92 Å². The first kappa shape index (κ1) is 15.1. The van der Waals surface area contributed by atoms with Crippen LogP contribution < -0.4 is 10.6 Å². The van der Waals surface area contributed by atoms with E-state index in [1.54, 1.807) is 25.1 Å². The SMILES string of the molecule is CNC(=O)NC(=O)C(C)Sc1c(Cl)cccc1Cl. The molecule has 0 spiro atoms. The monoisotopic (exact) mass is 306 g/mol. The largest absolute Gasteiger partial charge is 0.341 e. The number of hydrogen-bond acceptors (Lipinski definition) is 3. The van der Waals surface area contributed by atoms with Crippen LogP contribution in [-0.4, -0.2) is 24.2 Å². The summed E-state index contributed by atoms with van der Waals surface area (Å²) in [6.45, 7) is 1.67. The van der Waals surface area contributed by atoms with Crippen LogP contribution in [0.15, 0.2) is 23.1 Å². The van der Waals surface area contributed by atoms with Crippen LogP contribution >= 0.6 is 35.0 Å². The van der Waals surface area contributed by atoms with E-state index in [4.69, 9.17) is 23.2 Å². The van der Waals surface area contributed by atoms with E-state index in [-0.39, 0.29) is 0 Å². The lowest BCUT2D eigenvalue weighted by atomic mass is 10.4. The van der Waals surface area contributed by atoms with Gasteiger partial charge < -0.3 is 5.32 Å². The fraction of sp³-hybridized carbons (Fsp3) is 0.273. The molecule has 0 radical (unpaired) electrons. The summed E-state index contributed by atoms with van der Waals surface area (Å²) in [5, 5.41) is 4.97. The van der Waals surface area contributed by atoms with Gasteiger partial charge in [-0.05, 0) is 19.1 Å². The van der Waals surface area contributed by atoms with Crippen LogP contribution in [0.25, 0.3) is 0 Å². The average Bonchev–Trinajstić information content (AvgIpc) is 2.33.